The molecule has 36 heavy (non-hydrogen) atoms. The maximum absolute atomic E-state index is 3.86. The van der Waals surface area contributed by atoms with Crippen molar-refractivity contribution in [3.63, 3.8) is 0 Å². The average Bonchev–Trinajstić information content (AvgIpc) is 2.92. The Morgan fingerprint density at radius 1 is 0.556 bits per heavy atom. The Balaban J connectivity index is 1.71. The van der Waals surface area contributed by atoms with Gasteiger partial charge in [-0.15, -0.1) is 0 Å². The molecular weight excluding hydrogens is 436 g/mol. The molecule has 4 aromatic carbocycles. The molecule has 0 amide bonds. The lowest BCUT2D eigenvalue weighted by Gasteiger charge is -2.44. The van der Waals surface area contributed by atoms with Crippen molar-refractivity contribution in [1.82, 2.24) is 0 Å². The van der Waals surface area contributed by atoms with Crippen molar-refractivity contribution in [3.8, 4) is 0 Å². The Labute approximate surface area is 217 Å². The standard InChI is InChI=1S/C34H40N2/c1-26(25-35-30-21-13-7-14-22-30)32(28-17-9-5-10-18-28)33(29-19-11-6-12-20-29)27(2)34(3,4)36-31-23-15-8-16-24-31/h5-24,26-27,32-33,35-36H,25H2,1-4H3/t26-,27?,32-,33?/m1/s1. The van der Waals surface area contributed by atoms with Gasteiger partial charge in [-0.2, -0.15) is 0 Å². The highest BCUT2D eigenvalue weighted by molar-refractivity contribution is 5.46. The van der Waals surface area contributed by atoms with E-state index in [2.05, 4.69) is 160 Å². The summed E-state index contributed by atoms with van der Waals surface area (Å²) in [5.41, 5.74) is 5.01. The van der Waals surface area contributed by atoms with Gasteiger partial charge in [0.1, 0.15) is 0 Å². The molecule has 4 atom stereocenters. The molecule has 0 aliphatic heterocycles. The highest BCUT2D eigenvalue weighted by Gasteiger charge is 2.40. The van der Waals surface area contributed by atoms with Crippen molar-refractivity contribution < 1.29 is 0 Å². The van der Waals surface area contributed by atoms with Crippen LogP contribution in [0.2, 0.25) is 0 Å². The van der Waals surface area contributed by atoms with Gasteiger partial charge in [-0.3, -0.25) is 0 Å². The van der Waals surface area contributed by atoms with E-state index in [4.69, 9.17) is 0 Å². The first-order valence-electron chi connectivity index (χ1n) is 13.2. The lowest BCUT2D eigenvalue weighted by Crippen LogP contribution is -2.43. The first kappa shape index (κ1) is 25.6. The van der Waals surface area contributed by atoms with E-state index in [1.807, 2.05) is 0 Å². The molecule has 2 N–H and O–H groups in total. The molecule has 0 aliphatic rings. The molecule has 2 heteroatoms. The molecule has 0 spiro atoms. The van der Waals surface area contributed by atoms with Crippen LogP contribution < -0.4 is 10.6 Å². The second-order valence-electron chi connectivity index (χ2n) is 10.6. The molecule has 0 bridgehead atoms. The molecule has 0 heterocycles. The van der Waals surface area contributed by atoms with E-state index in [0.29, 0.717) is 23.7 Å². The number of hydrogen-bond donors (Lipinski definition) is 2. The Morgan fingerprint density at radius 2 is 0.972 bits per heavy atom. The summed E-state index contributed by atoms with van der Waals surface area (Å²) in [7, 11) is 0. The number of para-hydroxylation sites is 2. The average molecular weight is 477 g/mol. The van der Waals surface area contributed by atoms with Crippen molar-refractivity contribution in [2.24, 2.45) is 11.8 Å². The smallest absolute Gasteiger partial charge is 0.0349 e. The van der Waals surface area contributed by atoms with Crippen molar-refractivity contribution in [2.75, 3.05) is 17.2 Å². The summed E-state index contributed by atoms with van der Waals surface area (Å²) in [5, 5.41) is 7.56. The summed E-state index contributed by atoms with van der Waals surface area (Å²) in [6, 6.07) is 43.3. The summed E-state index contributed by atoms with van der Waals surface area (Å²) < 4.78 is 0. The Kier molecular flexibility index (Phi) is 8.48. The monoisotopic (exact) mass is 476 g/mol. The van der Waals surface area contributed by atoms with Gasteiger partial charge in [0.05, 0.1) is 0 Å². The molecule has 186 valence electrons. The van der Waals surface area contributed by atoms with Gasteiger partial charge in [0.15, 0.2) is 0 Å². The van der Waals surface area contributed by atoms with E-state index in [1.165, 1.54) is 16.8 Å². The van der Waals surface area contributed by atoms with Gasteiger partial charge in [-0.05, 0) is 72.9 Å². The molecule has 4 aromatic rings. The van der Waals surface area contributed by atoms with Gasteiger partial charge in [0.2, 0.25) is 0 Å². The molecule has 0 radical (unpaired) electrons. The highest BCUT2D eigenvalue weighted by atomic mass is 15.0. The predicted octanol–water partition coefficient (Wildman–Crippen LogP) is 8.83. The lowest BCUT2D eigenvalue weighted by molar-refractivity contribution is 0.253. The molecule has 0 saturated carbocycles. The van der Waals surface area contributed by atoms with Crippen molar-refractivity contribution in [1.29, 1.82) is 0 Å². The fourth-order valence-electron chi connectivity index (χ4n) is 5.47. The van der Waals surface area contributed by atoms with Crippen molar-refractivity contribution >= 4 is 11.4 Å². The van der Waals surface area contributed by atoms with E-state index in [0.717, 1.165) is 12.2 Å². The second-order valence-corrected chi connectivity index (χ2v) is 10.6. The normalized spacial score (nSPS) is 14.9. The maximum Gasteiger partial charge on any atom is 0.0349 e. The van der Waals surface area contributed by atoms with Crippen LogP contribution in [-0.4, -0.2) is 12.1 Å². The van der Waals surface area contributed by atoms with Crippen molar-refractivity contribution in [3.05, 3.63) is 132 Å². The summed E-state index contributed by atoms with van der Waals surface area (Å²) in [6.07, 6.45) is 0. The van der Waals surface area contributed by atoms with Crippen LogP contribution in [0.1, 0.15) is 50.7 Å². The fourth-order valence-corrected chi connectivity index (χ4v) is 5.47. The first-order valence-corrected chi connectivity index (χ1v) is 13.2. The molecule has 0 saturated heterocycles. The lowest BCUT2D eigenvalue weighted by atomic mass is 9.64. The van der Waals surface area contributed by atoms with E-state index in [1.54, 1.807) is 0 Å². The van der Waals surface area contributed by atoms with E-state index < -0.39 is 0 Å². The molecule has 2 unspecified atom stereocenters. The largest absolute Gasteiger partial charge is 0.385 e. The zero-order chi connectivity index (χ0) is 25.4. The SMILES string of the molecule is CC(C(c1ccccc1)[C@@H](c1ccccc1)[C@H](C)CNc1ccccc1)C(C)(C)Nc1ccccc1. The van der Waals surface area contributed by atoms with Gasteiger partial charge in [-0.1, -0.05) is 111 Å². The number of nitrogens with one attached hydrogen (secondary N) is 2. The van der Waals surface area contributed by atoms with E-state index >= 15 is 0 Å². The minimum atomic E-state index is -0.124. The van der Waals surface area contributed by atoms with Crippen LogP contribution in [0.3, 0.4) is 0 Å². The third kappa shape index (κ3) is 6.37. The quantitative estimate of drug-likeness (QED) is 0.226. The van der Waals surface area contributed by atoms with Gasteiger partial charge in [0, 0.05) is 23.5 Å². The zero-order valence-corrected chi connectivity index (χ0v) is 22.1. The van der Waals surface area contributed by atoms with Crippen LogP contribution in [0.25, 0.3) is 0 Å². The van der Waals surface area contributed by atoms with Gasteiger partial charge in [0.25, 0.3) is 0 Å². The molecular formula is C34H40N2. The topological polar surface area (TPSA) is 24.1 Å². The summed E-state index contributed by atoms with van der Waals surface area (Å²) in [4.78, 5) is 0. The third-order valence-corrected chi connectivity index (χ3v) is 7.69. The number of benzene rings is 4. The summed E-state index contributed by atoms with van der Waals surface area (Å²) in [5.74, 6) is 1.43. The van der Waals surface area contributed by atoms with Gasteiger partial charge >= 0.3 is 0 Å². The molecule has 0 aliphatic carbocycles. The fraction of sp³-hybridized carbons (Fsp3) is 0.294. The van der Waals surface area contributed by atoms with E-state index in [-0.39, 0.29) is 5.54 Å². The van der Waals surface area contributed by atoms with Gasteiger partial charge < -0.3 is 10.6 Å². The zero-order valence-electron chi connectivity index (χ0n) is 22.1. The van der Waals surface area contributed by atoms with Crippen LogP contribution in [0.4, 0.5) is 11.4 Å². The molecule has 2 nitrogen and oxygen atoms in total. The Hall–Kier alpha value is -3.52. The molecule has 4 rings (SSSR count). The van der Waals surface area contributed by atoms with Gasteiger partial charge in [-0.25, -0.2) is 0 Å². The number of hydrogen-bond acceptors (Lipinski definition) is 2. The van der Waals surface area contributed by atoms with Crippen LogP contribution in [-0.2, 0) is 0 Å². The van der Waals surface area contributed by atoms with Crippen molar-refractivity contribution in [2.45, 2.75) is 45.1 Å². The van der Waals surface area contributed by atoms with Crippen LogP contribution in [0.5, 0.6) is 0 Å². The second kappa shape index (κ2) is 11.9. The number of anilines is 2. The first-order chi connectivity index (χ1) is 17.5. The summed E-state index contributed by atoms with van der Waals surface area (Å²) >= 11 is 0. The van der Waals surface area contributed by atoms with Crippen LogP contribution in [0.15, 0.2) is 121 Å². The van der Waals surface area contributed by atoms with Crippen LogP contribution >= 0.6 is 0 Å². The predicted molar refractivity (Wildman–Crippen MR) is 156 cm³/mol. The molecule has 0 aromatic heterocycles. The Morgan fingerprint density at radius 3 is 1.47 bits per heavy atom. The highest BCUT2D eigenvalue weighted by Crippen LogP contribution is 2.47. The minimum absolute atomic E-state index is 0.124. The summed E-state index contributed by atoms with van der Waals surface area (Å²) in [6.45, 7) is 10.4. The molecule has 0 fully saturated rings. The maximum atomic E-state index is 3.86. The van der Waals surface area contributed by atoms with E-state index in [9.17, 15) is 0 Å². The number of rotatable bonds is 11. The Bertz CT molecular complexity index is 1160. The third-order valence-electron chi connectivity index (χ3n) is 7.69. The minimum Gasteiger partial charge on any atom is -0.385 e. The van der Waals surface area contributed by atoms with Crippen LogP contribution in [0, 0.1) is 11.8 Å².